The molecule has 0 saturated carbocycles. The van der Waals surface area contributed by atoms with E-state index in [9.17, 15) is 4.79 Å². The highest BCUT2D eigenvalue weighted by Gasteiger charge is 2.06. The van der Waals surface area contributed by atoms with E-state index in [1.807, 2.05) is 19.1 Å². The lowest BCUT2D eigenvalue weighted by Crippen LogP contribution is -2.14. The van der Waals surface area contributed by atoms with E-state index in [1.165, 1.54) is 0 Å². The molecule has 2 aromatic rings. The van der Waals surface area contributed by atoms with E-state index in [1.54, 1.807) is 10.6 Å². The number of aryl methyl sites for hydroxylation is 1. The number of hydrogen-bond donors (Lipinski definition) is 1. The average molecular weight is 197 g/mol. The second-order valence-electron chi connectivity index (χ2n) is 2.81. The van der Waals surface area contributed by atoms with Crippen LogP contribution in [0.5, 0.6) is 0 Å². The van der Waals surface area contributed by atoms with Crippen molar-refractivity contribution in [3.63, 3.8) is 0 Å². The molecule has 68 valence electrons. The second-order valence-corrected chi connectivity index (χ2v) is 3.22. The maximum atomic E-state index is 11.4. The molecule has 0 aliphatic heterocycles. The summed E-state index contributed by atoms with van der Waals surface area (Å²) in [5.74, 6) is 0. The third kappa shape index (κ3) is 1.16. The smallest absolute Gasteiger partial charge is 0.304 e. The SMILES string of the molecule is CCn1c(=O)[nH]c2c(Cl)cccc21. The molecule has 0 unspecified atom stereocenters. The Morgan fingerprint density at radius 2 is 2.31 bits per heavy atom. The van der Waals surface area contributed by atoms with Crippen molar-refractivity contribution in [2.75, 3.05) is 0 Å². The van der Waals surface area contributed by atoms with Gasteiger partial charge < -0.3 is 4.98 Å². The van der Waals surface area contributed by atoms with Crippen molar-refractivity contribution in [3.05, 3.63) is 33.7 Å². The first kappa shape index (κ1) is 8.38. The number of aromatic nitrogens is 2. The summed E-state index contributed by atoms with van der Waals surface area (Å²) in [7, 11) is 0. The minimum absolute atomic E-state index is 0.106. The van der Waals surface area contributed by atoms with Crippen molar-refractivity contribution in [1.82, 2.24) is 9.55 Å². The van der Waals surface area contributed by atoms with Gasteiger partial charge in [0.2, 0.25) is 0 Å². The molecule has 3 nitrogen and oxygen atoms in total. The molecule has 0 bridgehead atoms. The van der Waals surface area contributed by atoms with Crippen LogP contribution in [0.3, 0.4) is 0 Å². The number of rotatable bonds is 1. The average Bonchev–Trinajstić information content (AvgIpc) is 2.43. The Hall–Kier alpha value is -1.22. The van der Waals surface area contributed by atoms with Crippen molar-refractivity contribution in [2.24, 2.45) is 0 Å². The lowest BCUT2D eigenvalue weighted by molar-refractivity contribution is 0.753. The summed E-state index contributed by atoms with van der Waals surface area (Å²) in [5.41, 5.74) is 1.47. The Morgan fingerprint density at radius 3 is 3.00 bits per heavy atom. The quantitative estimate of drug-likeness (QED) is 0.745. The van der Waals surface area contributed by atoms with Gasteiger partial charge in [-0.2, -0.15) is 0 Å². The predicted octanol–water partition coefficient (Wildman–Crippen LogP) is 2.00. The van der Waals surface area contributed by atoms with E-state index in [0.29, 0.717) is 11.6 Å². The largest absolute Gasteiger partial charge is 0.326 e. The van der Waals surface area contributed by atoms with Crippen LogP contribution >= 0.6 is 11.6 Å². The van der Waals surface area contributed by atoms with Crippen LogP contribution in [0.25, 0.3) is 11.0 Å². The molecule has 13 heavy (non-hydrogen) atoms. The van der Waals surface area contributed by atoms with Gasteiger partial charge in [0.25, 0.3) is 0 Å². The van der Waals surface area contributed by atoms with Gasteiger partial charge in [-0.15, -0.1) is 0 Å². The highest BCUT2D eigenvalue weighted by Crippen LogP contribution is 2.19. The van der Waals surface area contributed by atoms with Crippen LogP contribution in [0.1, 0.15) is 6.92 Å². The highest BCUT2D eigenvalue weighted by molar-refractivity contribution is 6.34. The van der Waals surface area contributed by atoms with E-state index >= 15 is 0 Å². The van der Waals surface area contributed by atoms with Crippen LogP contribution in [0.15, 0.2) is 23.0 Å². The van der Waals surface area contributed by atoms with Gasteiger partial charge in [-0.05, 0) is 19.1 Å². The highest BCUT2D eigenvalue weighted by atomic mass is 35.5. The Morgan fingerprint density at radius 1 is 1.54 bits per heavy atom. The number of hydrogen-bond acceptors (Lipinski definition) is 1. The van der Waals surface area contributed by atoms with Crippen LogP contribution in [0.2, 0.25) is 5.02 Å². The molecule has 0 aliphatic carbocycles. The molecule has 2 rings (SSSR count). The molecule has 0 atom stereocenters. The molecule has 0 aliphatic rings. The fourth-order valence-electron chi connectivity index (χ4n) is 1.46. The van der Waals surface area contributed by atoms with E-state index in [-0.39, 0.29) is 5.69 Å². The molecule has 0 amide bonds. The van der Waals surface area contributed by atoms with Gasteiger partial charge in [0.15, 0.2) is 0 Å². The number of imidazole rings is 1. The number of aromatic amines is 1. The third-order valence-corrected chi connectivity index (χ3v) is 2.39. The summed E-state index contributed by atoms with van der Waals surface area (Å²) in [5, 5.41) is 0.585. The first-order valence-corrected chi connectivity index (χ1v) is 4.49. The van der Waals surface area contributed by atoms with Crippen molar-refractivity contribution in [2.45, 2.75) is 13.5 Å². The topological polar surface area (TPSA) is 37.8 Å². The van der Waals surface area contributed by atoms with Gasteiger partial charge in [-0.25, -0.2) is 4.79 Å². The Kier molecular flexibility index (Phi) is 1.88. The number of nitrogens with one attached hydrogen (secondary N) is 1. The summed E-state index contributed by atoms with van der Waals surface area (Å²) in [4.78, 5) is 14.1. The van der Waals surface area contributed by atoms with Crippen LogP contribution in [-0.4, -0.2) is 9.55 Å². The molecule has 1 aromatic carbocycles. The zero-order valence-corrected chi connectivity index (χ0v) is 7.93. The lowest BCUT2D eigenvalue weighted by atomic mass is 10.3. The summed E-state index contributed by atoms with van der Waals surface area (Å²) in [6.45, 7) is 2.58. The number of H-pyrrole nitrogens is 1. The van der Waals surface area contributed by atoms with Crippen molar-refractivity contribution in [3.8, 4) is 0 Å². The summed E-state index contributed by atoms with van der Waals surface area (Å²) in [6, 6.07) is 5.48. The van der Waals surface area contributed by atoms with E-state index in [0.717, 1.165) is 11.0 Å². The molecule has 1 aromatic heterocycles. The molecule has 1 N–H and O–H groups in total. The maximum absolute atomic E-state index is 11.4. The monoisotopic (exact) mass is 196 g/mol. The van der Waals surface area contributed by atoms with Crippen LogP contribution < -0.4 is 5.69 Å². The molecule has 0 spiro atoms. The van der Waals surface area contributed by atoms with Crippen molar-refractivity contribution in [1.29, 1.82) is 0 Å². The lowest BCUT2D eigenvalue weighted by Gasteiger charge is -1.97. The number of nitrogens with zero attached hydrogens (tertiary/aromatic N) is 1. The van der Waals surface area contributed by atoms with Crippen LogP contribution in [0, 0.1) is 0 Å². The summed E-state index contributed by atoms with van der Waals surface area (Å²) in [6.07, 6.45) is 0. The Bertz CT molecular complexity index is 498. The zero-order valence-electron chi connectivity index (χ0n) is 7.17. The van der Waals surface area contributed by atoms with Crippen LogP contribution in [-0.2, 0) is 6.54 Å². The molecule has 0 fully saturated rings. The maximum Gasteiger partial charge on any atom is 0.326 e. The first-order chi connectivity index (χ1) is 6.24. The fourth-order valence-corrected chi connectivity index (χ4v) is 1.68. The Balaban J connectivity index is 2.94. The van der Waals surface area contributed by atoms with E-state index < -0.39 is 0 Å². The molecule has 4 heteroatoms. The van der Waals surface area contributed by atoms with Gasteiger partial charge in [0.1, 0.15) is 0 Å². The molecule has 0 radical (unpaired) electrons. The van der Waals surface area contributed by atoms with Gasteiger partial charge in [0, 0.05) is 6.54 Å². The van der Waals surface area contributed by atoms with Crippen molar-refractivity contribution >= 4 is 22.6 Å². The molecule has 0 saturated heterocycles. The van der Waals surface area contributed by atoms with E-state index in [2.05, 4.69) is 4.98 Å². The molecule has 1 heterocycles. The Labute approximate surface area is 79.9 Å². The number of benzene rings is 1. The molecular weight excluding hydrogens is 188 g/mol. The van der Waals surface area contributed by atoms with Gasteiger partial charge >= 0.3 is 5.69 Å². The second kappa shape index (κ2) is 2.92. The number of halogens is 1. The van der Waals surface area contributed by atoms with Crippen LogP contribution in [0.4, 0.5) is 0 Å². The first-order valence-electron chi connectivity index (χ1n) is 4.11. The van der Waals surface area contributed by atoms with E-state index in [4.69, 9.17) is 11.6 Å². The number of para-hydroxylation sites is 1. The van der Waals surface area contributed by atoms with Crippen molar-refractivity contribution < 1.29 is 0 Å². The number of fused-ring (bicyclic) bond motifs is 1. The van der Waals surface area contributed by atoms with Gasteiger partial charge in [-0.3, -0.25) is 4.57 Å². The summed E-state index contributed by atoms with van der Waals surface area (Å²) < 4.78 is 1.65. The molecular formula is C9H9ClN2O. The standard InChI is InChI=1S/C9H9ClN2O/c1-2-12-7-5-3-4-6(10)8(7)11-9(12)13/h3-5H,2H2,1H3,(H,11,13). The predicted molar refractivity (Wildman–Crippen MR) is 53.2 cm³/mol. The van der Waals surface area contributed by atoms with Gasteiger partial charge in [0.05, 0.1) is 16.1 Å². The third-order valence-electron chi connectivity index (χ3n) is 2.08. The normalized spacial score (nSPS) is 10.9. The minimum Gasteiger partial charge on any atom is -0.304 e. The fraction of sp³-hybridized carbons (Fsp3) is 0.222. The minimum atomic E-state index is -0.106. The summed E-state index contributed by atoms with van der Waals surface area (Å²) >= 11 is 5.92. The zero-order chi connectivity index (χ0) is 9.42. The van der Waals surface area contributed by atoms with Gasteiger partial charge in [-0.1, -0.05) is 17.7 Å².